The van der Waals surface area contributed by atoms with E-state index >= 15 is 0 Å². The van der Waals surface area contributed by atoms with Gasteiger partial charge in [-0.05, 0) is 55.5 Å². The first kappa shape index (κ1) is 18.7. The summed E-state index contributed by atoms with van der Waals surface area (Å²) in [5, 5.41) is 11.8. The van der Waals surface area contributed by atoms with Crippen molar-refractivity contribution < 1.29 is 4.79 Å². The van der Waals surface area contributed by atoms with Crippen molar-refractivity contribution in [2.45, 2.75) is 44.6 Å². The van der Waals surface area contributed by atoms with E-state index in [1.54, 1.807) is 6.92 Å². The normalized spacial score (nSPS) is 19.4. The number of pyridine rings is 1. The first-order valence-corrected chi connectivity index (χ1v) is 10.0. The van der Waals surface area contributed by atoms with Crippen molar-refractivity contribution in [2.75, 3.05) is 0 Å². The topological polar surface area (TPSA) is 70.7 Å². The summed E-state index contributed by atoms with van der Waals surface area (Å²) in [6, 6.07) is 12.1. The van der Waals surface area contributed by atoms with Crippen molar-refractivity contribution in [1.29, 1.82) is 0 Å². The van der Waals surface area contributed by atoms with Gasteiger partial charge in [-0.2, -0.15) is 5.10 Å². The molecule has 1 aliphatic rings. The zero-order valence-electron chi connectivity index (χ0n) is 15.8. The second-order valence-corrected chi connectivity index (χ2v) is 7.79. The zero-order chi connectivity index (χ0) is 19.5. The highest BCUT2D eigenvalue weighted by Crippen LogP contribution is 2.41. The Morgan fingerprint density at radius 2 is 1.71 bits per heavy atom. The Kier molecular flexibility index (Phi) is 5.44. The fraction of sp³-hybridized carbons (Fsp3) is 0.318. The van der Waals surface area contributed by atoms with Crippen LogP contribution in [0.15, 0.2) is 48.8 Å². The number of nitrogens with one attached hydrogen (secondary N) is 2. The Labute approximate surface area is 169 Å². The highest BCUT2D eigenvalue weighted by Gasteiger charge is 2.28. The van der Waals surface area contributed by atoms with Crippen LogP contribution < -0.4 is 5.32 Å². The average molecular weight is 395 g/mol. The minimum atomic E-state index is 0.0486. The molecule has 0 radical (unpaired) electrons. The van der Waals surface area contributed by atoms with E-state index in [-0.39, 0.29) is 11.9 Å². The maximum absolute atomic E-state index is 11.3. The third kappa shape index (κ3) is 3.94. The Morgan fingerprint density at radius 1 is 1.04 bits per heavy atom. The van der Waals surface area contributed by atoms with Crippen molar-refractivity contribution in [3.63, 3.8) is 0 Å². The number of carbonyl (C=O) groups excluding carboxylic acids is 1. The zero-order valence-corrected chi connectivity index (χ0v) is 16.5. The number of carbonyl (C=O) groups is 1. The van der Waals surface area contributed by atoms with Gasteiger partial charge in [-0.15, -0.1) is 0 Å². The molecule has 0 saturated heterocycles. The van der Waals surface area contributed by atoms with Crippen LogP contribution in [0, 0.1) is 0 Å². The van der Waals surface area contributed by atoms with Gasteiger partial charge in [-0.25, -0.2) is 0 Å². The predicted molar refractivity (Wildman–Crippen MR) is 111 cm³/mol. The van der Waals surface area contributed by atoms with Gasteiger partial charge in [0, 0.05) is 53.1 Å². The summed E-state index contributed by atoms with van der Waals surface area (Å²) in [6.45, 7) is 1.58. The van der Waals surface area contributed by atoms with Crippen molar-refractivity contribution in [2.24, 2.45) is 0 Å². The number of hydrogen-bond acceptors (Lipinski definition) is 3. The Bertz CT molecular complexity index is 944. The van der Waals surface area contributed by atoms with Crippen molar-refractivity contribution in [3.05, 3.63) is 59.5 Å². The first-order chi connectivity index (χ1) is 13.6. The van der Waals surface area contributed by atoms with E-state index in [2.05, 4.69) is 20.5 Å². The molecular weight excluding hydrogens is 372 g/mol. The Morgan fingerprint density at radius 3 is 2.36 bits per heavy atom. The van der Waals surface area contributed by atoms with E-state index in [4.69, 9.17) is 11.6 Å². The van der Waals surface area contributed by atoms with Crippen LogP contribution in [-0.2, 0) is 4.79 Å². The average Bonchev–Trinajstić information content (AvgIpc) is 3.14. The number of aromatic amines is 1. The summed E-state index contributed by atoms with van der Waals surface area (Å²) >= 11 is 6.07. The van der Waals surface area contributed by atoms with Crippen LogP contribution in [0.3, 0.4) is 0 Å². The molecule has 0 bridgehead atoms. The molecular formula is C22H23ClN4O. The second kappa shape index (κ2) is 8.15. The SMILES string of the molecule is CC(=O)NC1CCC(c2[nH]nc(-c3ccc(Cl)cc3)c2-c2ccncc2)CC1. The predicted octanol–water partition coefficient (Wildman–Crippen LogP) is 4.95. The van der Waals surface area contributed by atoms with E-state index < -0.39 is 0 Å². The molecule has 2 N–H and O–H groups in total. The molecule has 0 aliphatic heterocycles. The second-order valence-electron chi connectivity index (χ2n) is 7.35. The number of hydrogen-bond donors (Lipinski definition) is 2. The quantitative estimate of drug-likeness (QED) is 0.657. The minimum Gasteiger partial charge on any atom is -0.354 e. The maximum Gasteiger partial charge on any atom is 0.217 e. The molecule has 1 aromatic carbocycles. The van der Waals surface area contributed by atoms with Crippen LogP contribution >= 0.6 is 11.6 Å². The summed E-state index contributed by atoms with van der Waals surface area (Å²) < 4.78 is 0. The van der Waals surface area contributed by atoms with Gasteiger partial charge in [0.2, 0.25) is 5.91 Å². The van der Waals surface area contributed by atoms with Gasteiger partial charge in [0.05, 0.1) is 0 Å². The van der Waals surface area contributed by atoms with Crippen LogP contribution in [0.2, 0.25) is 5.02 Å². The van der Waals surface area contributed by atoms with Gasteiger partial charge in [0.1, 0.15) is 5.69 Å². The molecule has 5 nitrogen and oxygen atoms in total. The van der Waals surface area contributed by atoms with Crippen LogP contribution in [0.4, 0.5) is 0 Å². The smallest absolute Gasteiger partial charge is 0.217 e. The van der Waals surface area contributed by atoms with E-state index in [0.717, 1.165) is 53.8 Å². The molecule has 0 atom stereocenters. The lowest BCUT2D eigenvalue weighted by Crippen LogP contribution is -2.35. The molecule has 1 aliphatic carbocycles. The molecule has 2 heterocycles. The molecule has 6 heteroatoms. The molecule has 1 amide bonds. The number of aromatic nitrogens is 3. The van der Waals surface area contributed by atoms with Gasteiger partial charge in [0.15, 0.2) is 0 Å². The number of H-pyrrole nitrogens is 1. The van der Waals surface area contributed by atoms with Gasteiger partial charge in [0.25, 0.3) is 0 Å². The molecule has 1 fully saturated rings. The third-order valence-electron chi connectivity index (χ3n) is 5.42. The summed E-state index contributed by atoms with van der Waals surface area (Å²) in [5.41, 5.74) is 5.37. The summed E-state index contributed by atoms with van der Waals surface area (Å²) in [4.78, 5) is 15.5. The minimum absolute atomic E-state index is 0.0486. The number of benzene rings is 1. The van der Waals surface area contributed by atoms with Crippen LogP contribution in [-0.4, -0.2) is 27.1 Å². The lowest BCUT2D eigenvalue weighted by molar-refractivity contribution is -0.119. The fourth-order valence-corrected chi connectivity index (χ4v) is 4.22. The van der Waals surface area contributed by atoms with Gasteiger partial charge in [-0.1, -0.05) is 23.7 Å². The number of nitrogens with zero attached hydrogens (tertiary/aromatic N) is 2. The van der Waals surface area contributed by atoms with Gasteiger partial charge >= 0.3 is 0 Å². The van der Waals surface area contributed by atoms with Crippen LogP contribution in [0.25, 0.3) is 22.4 Å². The molecule has 0 spiro atoms. The van der Waals surface area contributed by atoms with Crippen LogP contribution in [0.5, 0.6) is 0 Å². The molecule has 2 aromatic heterocycles. The van der Waals surface area contributed by atoms with Crippen molar-refractivity contribution in [3.8, 4) is 22.4 Å². The fourth-order valence-electron chi connectivity index (χ4n) is 4.09. The summed E-state index contributed by atoms with van der Waals surface area (Å²) in [7, 11) is 0. The Balaban J connectivity index is 1.68. The van der Waals surface area contributed by atoms with E-state index in [1.165, 1.54) is 0 Å². The molecule has 28 heavy (non-hydrogen) atoms. The maximum atomic E-state index is 11.3. The summed E-state index contributed by atoms with van der Waals surface area (Å²) in [6.07, 6.45) is 7.62. The van der Waals surface area contributed by atoms with Crippen molar-refractivity contribution in [1.82, 2.24) is 20.5 Å². The number of rotatable bonds is 4. The van der Waals surface area contributed by atoms with Gasteiger partial charge < -0.3 is 5.32 Å². The molecule has 4 rings (SSSR count). The molecule has 1 saturated carbocycles. The van der Waals surface area contributed by atoms with Crippen molar-refractivity contribution >= 4 is 17.5 Å². The monoisotopic (exact) mass is 394 g/mol. The highest BCUT2D eigenvalue weighted by atomic mass is 35.5. The first-order valence-electron chi connectivity index (χ1n) is 9.63. The van der Waals surface area contributed by atoms with Gasteiger partial charge in [-0.3, -0.25) is 14.9 Å². The number of amides is 1. The summed E-state index contributed by atoms with van der Waals surface area (Å²) in [5.74, 6) is 0.439. The van der Waals surface area contributed by atoms with Crippen LogP contribution in [0.1, 0.15) is 44.2 Å². The van der Waals surface area contributed by atoms with E-state index in [1.807, 2.05) is 48.8 Å². The largest absolute Gasteiger partial charge is 0.354 e. The lowest BCUT2D eigenvalue weighted by Gasteiger charge is -2.29. The Hall–Kier alpha value is -2.66. The molecule has 144 valence electrons. The third-order valence-corrected chi connectivity index (χ3v) is 5.68. The van der Waals surface area contributed by atoms with E-state index in [0.29, 0.717) is 10.9 Å². The molecule has 0 unspecified atom stereocenters. The lowest BCUT2D eigenvalue weighted by atomic mass is 9.81. The standard InChI is InChI=1S/C22H23ClN4O/c1-14(28)25-19-8-4-17(5-9-19)22-20(15-10-12-24-13-11-15)21(26-27-22)16-2-6-18(23)7-3-16/h2-3,6-7,10-13,17,19H,4-5,8-9H2,1H3,(H,25,28)(H,26,27). The van der Waals surface area contributed by atoms with E-state index in [9.17, 15) is 4.79 Å². The molecule has 3 aromatic rings. The highest BCUT2D eigenvalue weighted by molar-refractivity contribution is 6.30. The number of halogens is 1.